The molecule has 0 bridgehead atoms. The molecular formula is C17H12ClF4N2+. The summed E-state index contributed by atoms with van der Waals surface area (Å²) in [5.41, 5.74) is -0.579. The Morgan fingerprint density at radius 3 is 2.29 bits per heavy atom. The van der Waals surface area contributed by atoms with Crippen molar-refractivity contribution >= 4 is 23.0 Å². The third-order valence-corrected chi connectivity index (χ3v) is 3.99. The quantitative estimate of drug-likeness (QED) is 0.313. The SMILES string of the molecule is C[N+]1(c2ccccc2-c2cc(F)c(F)c(F)c2)C=CC(C(F)Cl)=N1. The Bertz CT molecular complexity index is 840. The second-order valence-corrected chi connectivity index (χ2v) is 5.82. The Morgan fingerprint density at radius 1 is 1.08 bits per heavy atom. The van der Waals surface area contributed by atoms with Gasteiger partial charge in [-0.3, -0.25) is 0 Å². The summed E-state index contributed by atoms with van der Waals surface area (Å²) < 4.78 is 53.4. The van der Waals surface area contributed by atoms with Crippen molar-refractivity contribution in [1.29, 1.82) is 0 Å². The zero-order valence-corrected chi connectivity index (χ0v) is 13.2. The minimum atomic E-state index is -1.76. The molecule has 0 fully saturated rings. The molecule has 0 aliphatic carbocycles. The summed E-state index contributed by atoms with van der Waals surface area (Å²) in [7, 11) is 1.66. The average Bonchev–Trinajstić information content (AvgIpc) is 2.96. The van der Waals surface area contributed by atoms with Crippen LogP contribution in [0.3, 0.4) is 0 Å². The van der Waals surface area contributed by atoms with Gasteiger partial charge in [-0.15, -0.1) is 4.59 Å². The van der Waals surface area contributed by atoms with Gasteiger partial charge >= 0.3 is 0 Å². The molecule has 0 radical (unpaired) electrons. The van der Waals surface area contributed by atoms with Gasteiger partial charge in [0, 0.05) is 17.7 Å². The van der Waals surface area contributed by atoms with Gasteiger partial charge in [-0.1, -0.05) is 28.8 Å². The normalized spacial score (nSPS) is 21.0. The van der Waals surface area contributed by atoms with Crippen molar-refractivity contribution in [3.05, 3.63) is 66.1 Å². The highest BCUT2D eigenvalue weighted by Crippen LogP contribution is 2.37. The predicted octanol–water partition coefficient (Wildman–Crippen LogP) is 5.13. The molecule has 2 unspecified atom stereocenters. The van der Waals surface area contributed by atoms with E-state index in [1.807, 2.05) is 0 Å². The molecule has 124 valence electrons. The number of hydrogen-bond donors (Lipinski definition) is 0. The lowest BCUT2D eigenvalue weighted by molar-refractivity contribution is 0.447. The van der Waals surface area contributed by atoms with Gasteiger partial charge in [-0.2, -0.15) is 0 Å². The second kappa shape index (κ2) is 6.03. The number of para-hydroxylation sites is 1. The van der Waals surface area contributed by atoms with E-state index in [9.17, 15) is 17.6 Å². The fourth-order valence-corrected chi connectivity index (χ4v) is 2.72. The lowest BCUT2D eigenvalue weighted by Gasteiger charge is -2.23. The minimum absolute atomic E-state index is 0.0467. The number of halogens is 5. The van der Waals surface area contributed by atoms with Crippen molar-refractivity contribution in [2.45, 2.75) is 5.63 Å². The van der Waals surface area contributed by atoms with Gasteiger partial charge in [0.1, 0.15) is 13.2 Å². The van der Waals surface area contributed by atoms with Crippen LogP contribution in [0, 0.1) is 17.5 Å². The summed E-state index contributed by atoms with van der Waals surface area (Å²) in [5.74, 6) is -4.10. The van der Waals surface area contributed by atoms with Crippen LogP contribution in [-0.4, -0.2) is 18.4 Å². The lowest BCUT2D eigenvalue weighted by atomic mass is 10.0. The molecule has 0 spiro atoms. The van der Waals surface area contributed by atoms with Crippen molar-refractivity contribution in [3.8, 4) is 11.1 Å². The number of alkyl halides is 2. The van der Waals surface area contributed by atoms with Crippen molar-refractivity contribution in [3.63, 3.8) is 0 Å². The molecule has 3 rings (SSSR count). The van der Waals surface area contributed by atoms with Crippen molar-refractivity contribution in [2.24, 2.45) is 5.10 Å². The first-order chi connectivity index (χ1) is 11.3. The summed E-state index contributed by atoms with van der Waals surface area (Å²) in [5, 5.41) is 4.21. The van der Waals surface area contributed by atoms with E-state index < -0.39 is 23.1 Å². The first-order valence-corrected chi connectivity index (χ1v) is 7.44. The molecule has 0 saturated heterocycles. The van der Waals surface area contributed by atoms with Crippen LogP contribution in [0.1, 0.15) is 0 Å². The molecule has 0 saturated carbocycles. The van der Waals surface area contributed by atoms with E-state index in [1.54, 1.807) is 37.5 Å². The monoisotopic (exact) mass is 355 g/mol. The van der Waals surface area contributed by atoms with E-state index in [4.69, 9.17) is 11.6 Å². The van der Waals surface area contributed by atoms with Crippen molar-refractivity contribution in [2.75, 3.05) is 7.05 Å². The van der Waals surface area contributed by atoms with Gasteiger partial charge in [0.25, 0.3) is 0 Å². The summed E-state index contributed by atoms with van der Waals surface area (Å²) in [6, 6.07) is 8.52. The van der Waals surface area contributed by atoms with Crippen LogP contribution in [0.4, 0.5) is 23.2 Å². The molecule has 0 N–H and O–H groups in total. The first kappa shape index (κ1) is 16.7. The van der Waals surface area contributed by atoms with Gasteiger partial charge in [0.15, 0.2) is 28.9 Å². The molecule has 2 atom stereocenters. The second-order valence-electron chi connectivity index (χ2n) is 5.44. The first-order valence-electron chi connectivity index (χ1n) is 7.00. The van der Waals surface area contributed by atoms with Crippen LogP contribution in [0.25, 0.3) is 11.1 Å². The Kier molecular flexibility index (Phi) is 4.19. The van der Waals surface area contributed by atoms with E-state index in [2.05, 4.69) is 5.10 Å². The van der Waals surface area contributed by atoms with Crippen molar-refractivity contribution < 1.29 is 17.6 Å². The van der Waals surface area contributed by atoms with Crippen LogP contribution in [0.2, 0.25) is 0 Å². The third-order valence-electron chi connectivity index (χ3n) is 3.77. The van der Waals surface area contributed by atoms with Crippen LogP contribution >= 0.6 is 11.6 Å². The van der Waals surface area contributed by atoms with E-state index >= 15 is 0 Å². The molecule has 7 heteroatoms. The zero-order valence-electron chi connectivity index (χ0n) is 12.5. The van der Waals surface area contributed by atoms with Crippen LogP contribution in [0.5, 0.6) is 0 Å². The predicted molar refractivity (Wildman–Crippen MR) is 86.8 cm³/mol. The summed E-state index contributed by atoms with van der Waals surface area (Å²) in [6.07, 6.45) is 3.04. The fraction of sp³-hybridized carbons (Fsp3) is 0.118. The molecule has 1 aliphatic rings. The molecule has 1 heterocycles. The molecule has 2 aromatic rings. The average molecular weight is 356 g/mol. The Hall–Kier alpha value is -2.18. The van der Waals surface area contributed by atoms with Gasteiger partial charge < -0.3 is 0 Å². The van der Waals surface area contributed by atoms with E-state index in [-0.39, 0.29) is 15.9 Å². The number of nitrogens with zero attached hydrogens (tertiary/aromatic N) is 2. The molecule has 1 aliphatic heterocycles. The molecule has 24 heavy (non-hydrogen) atoms. The van der Waals surface area contributed by atoms with Gasteiger partial charge in [0.05, 0.1) is 0 Å². The Morgan fingerprint density at radius 2 is 1.71 bits per heavy atom. The number of quaternary nitrogens is 1. The van der Waals surface area contributed by atoms with E-state index in [0.717, 1.165) is 12.1 Å². The molecule has 0 aromatic heterocycles. The highest BCUT2D eigenvalue weighted by Gasteiger charge is 2.33. The molecule has 0 amide bonds. The van der Waals surface area contributed by atoms with Crippen LogP contribution in [-0.2, 0) is 0 Å². The highest BCUT2D eigenvalue weighted by molar-refractivity contribution is 6.33. The third kappa shape index (κ3) is 2.83. The summed E-state index contributed by atoms with van der Waals surface area (Å²) >= 11 is 5.42. The fourth-order valence-electron chi connectivity index (χ4n) is 2.60. The van der Waals surface area contributed by atoms with Crippen LogP contribution in [0.15, 0.2) is 53.8 Å². The zero-order chi connectivity index (χ0) is 17.5. The highest BCUT2D eigenvalue weighted by atomic mass is 35.5. The van der Waals surface area contributed by atoms with Gasteiger partial charge in [-0.25, -0.2) is 17.6 Å². The molecule has 2 nitrogen and oxygen atoms in total. The maximum Gasteiger partial charge on any atom is 0.220 e. The smallest absolute Gasteiger partial charge is 0.220 e. The van der Waals surface area contributed by atoms with Crippen molar-refractivity contribution in [1.82, 2.24) is 4.59 Å². The minimum Gasteiger partial charge on any atom is -0.223 e. The molecular weight excluding hydrogens is 344 g/mol. The number of allylic oxidation sites excluding steroid dienone is 1. The van der Waals surface area contributed by atoms with Gasteiger partial charge in [-0.05, 0) is 23.8 Å². The lowest BCUT2D eigenvalue weighted by Crippen LogP contribution is -2.31. The number of benzene rings is 2. The Labute approximate surface area is 140 Å². The van der Waals surface area contributed by atoms with Gasteiger partial charge in [0.2, 0.25) is 5.63 Å². The van der Waals surface area contributed by atoms with E-state index in [0.29, 0.717) is 11.3 Å². The number of rotatable bonds is 3. The summed E-state index contributed by atoms with van der Waals surface area (Å²) in [6.45, 7) is 0. The summed E-state index contributed by atoms with van der Waals surface area (Å²) in [4.78, 5) is 0. The van der Waals surface area contributed by atoms with Crippen LogP contribution < -0.4 is 4.59 Å². The molecule has 2 aromatic carbocycles. The maximum atomic E-state index is 13.6. The Balaban J connectivity index is 2.16. The topological polar surface area (TPSA) is 12.4 Å². The maximum absolute atomic E-state index is 13.6. The standard InChI is InChI=1S/C17H12ClF4N2/c1-24(7-6-14(23-24)17(18)22)15-5-3-2-4-11(15)10-8-12(19)16(21)13(20)9-10/h2-9,17H,1H3/q+1. The largest absolute Gasteiger partial charge is 0.223 e. The van der Waals surface area contributed by atoms with E-state index in [1.165, 1.54) is 6.08 Å². The number of hydrogen-bond acceptors (Lipinski definition) is 1.